The fourth-order valence-electron chi connectivity index (χ4n) is 3.71. The molecule has 3 heterocycles. The number of rotatable bonds is 5. The summed E-state index contributed by atoms with van der Waals surface area (Å²) in [5.74, 6) is 1.34. The fourth-order valence-corrected chi connectivity index (χ4v) is 3.71. The highest BCUT2D eigenvalue weighted by Crippen LogP contribution is 2.29. The van der Waals surface area contributed by atoms with E-state index in [1.54, 1.807) is 12.4 Å². The lowest BCUT2D eigenvalue weighted by molar-refractivity contribution is 0.225. The summed E-state index contributed by atoms with van der Waals surface area (Å²) in [7, 11) is 0. The third-order valence-corrected chi connectivity index (χ3v) is 5.10. The molecule has 0 spiro atoms. The Morgan fingerprint density at radius 2 is 2.00 bits per heavy atom. The van der Waals surface area contributed by atoms with E-state index in [4.69, 9.17) is 10.1 Å². The first-order valence-corrected chi connectivity index (χ1v) is 8.96. The number of aliphatic hydroxyl groups excluding tert-OH is 1. The lowest BCUT2D eigenvalue weighted by Crippen LogP contribution is -2.27. The van der Waals surface area contributed by atoms with E-state index in [0.29, 0.717) is 24.5 Å². The van der Waals surface area contributed by atoms with Gasteiger partial charge in [-0.3, -0.25) is 0 Å². The second-order valence-corrected chi connectivity index (χ2v) is 6.74. The van der Waals surface area contributed by atoms with Crippen molar-refractivity contribution in [2.75, 3.05) is 11.9 Å². The largest absolute Gasteiger partial charge is 0.396 e. The number of aliphatic hydroxyl groups is 1. The van der Waals surface area contributed by atoms with Crippen LogP contribution in [0.15, 0.2) is 36.8 Å². The van der Waals surface area contributed by atoms with Gasteiger partial charge in [-0.2, -0.15) is 0 Å². The molecule has 1 saturated carbocycles. The molecule has 3 aromatic heterocycles. The highest BCUT2D eigenvalue weighted by Gasteiger charge is 2.21. The van der Waals surface area contributed by atoms with E-state index in [1.807, 2.05) is 24.4 Å². The molecule has 0 amide bonds. The van der Waals surface area contributed by atoms with Crippen molar-refractivity contribution in [3.63, 3.8) is 0 Å². The predicted molar refractivity (Wildman–Crippen MR) is 98.2 cm³/mol. The Balaban J connectivity index is 1.49. The van der Waals surface area contributed by atoms with E-state index in [1.165, 1.54) is 0 Å². The summed E-state index contributed by atoms with van der Waals surface area (Å²) in [6.45, 7) is 0.299. The minimum Gasteiger partial charge on any atom is -0.396 e. The number of nitrogens with one attached hydrogen (secondary N) is 2. The number of nitrogens with zero attached hydrogens (tertiary/aromatic N) is 3. The SMILES string of the molecule is OCC[C@H]1CC[C@H](Nc2nccc(-c3c[nH]c4ncccc34)n2)CC1. The Morgan fingerprint density at radius 1 is 1.12 bits per heavy atom. The summed E-state index contributed by atoms with van der Waals surface area (Å²) >= 11 is 0. The topological polar surface area (TPSA) is 86.7 Å². The molecule has 0 aromatic carbocycles. The molecule has 25 heavy (non-hydrogen) atoms. The number of hydrogen-bond acceptors (Lipinski definition) is 5. The average Bonchev–Trinajstić information content (AvgIpc) is 3.08. The first-order chi connectivity index (χ1) is 12.3. The summed E-state index contributed by atoms with van der Waals surface area (Å²) in [5, 5.41) is 13.6. The van der Waals surface area contributed by atoms with Gasteiger partial charge in [0.15, 0.2) is 0 Å². The van der Waals surface area contributed by atoms with Crippen LogP contribution in [-0.2, 0) is 0 Å². The summed E-state index contributed by atoms with van der Waals surface area (Å²) < 4.78 is 0. The van der Waals surface area contributed by atoms with Gasteiger partial charge in [0.1, 0.15) is 5.65 Å². The molecule has 3 aromatic rings. The number of aromatic amines is 1. The van der Waals surface area contributed by atoms with E-state index in [-0.39, 0.29) is 0 Å². The molecule has 1 fully saturated rings. The zero-order valence-electron chi connectivity index (χ0n) is 14.2. The van der Waals surface area contributed by atoms with Crippen LogP contribution < -0.4 is 5.32 Å². The second-order valence-electron chi connectivity index (χ2n) is 6.74. The van der Waals surface area contributed by atoms with Crippen LogP contribution in [0.1, 0.15) is 32.1 Å². The summed E-state index contributed by atoms with van der Waals surface area (Å²) in [4.78, 5) is 16.6. The lowest BCUT2D eigenvalue weighted by Gasteiger charge is -2.28. The van der Waals surface area contributed by atoms with E-state index < -0.39 is 0 Å². The third-order valence-electron chi connectivity index (χ3n) is 5.10. The van der Waals surface area contributed by atoms with Crippen molar-refractivity contribution in [2.45, 2.75) is 38.1 Å². The normalized spacial score (nSPS) is 20.7. The zero-order chi connectivity index (χ0) is 17.1. The Hall–Kier alpha value is -2.47. The molecule has 1 aliphatic carbocycles. The van der Waals surface area contributed by atoms with Crippen molar-refractivity contribution < 1.29 is 5.11 Å². The summed E-state index contributed by atoms with van der Waals surface area (Å²) in [6, 6.07) is 6.32. The van der Waals surface area contributed by atoms with Crippen molar-refractivity contribution in [1.82, 2.24) is 19.9 Å². The maximum absolute atomic E-state index is 9.07. The van der Waals surface area contributed by atoms with Gasteiger partial charge < -0.3 is 15.4 Å². The molecule has 6 nitrogen and oxygen atoms in total. The van der Waals surface area contributed by atoms with Crippen LogP contribution >= 0.6 is 0 Å². The van der Waals surface area contributed by atoms with Gasteiger partial charge >= 0.3 is 0 Å². The molecule has 130 valence electrons. The Labute approximate surface area is 146 Å². The summed E-state index contributed by atoms with van der Waals surface area (Å²) in [6.07, 6.45) is 11.0. The van der Waals surface area contributed by atoms with Crippen molar-refractivity contribution in [3.8, 4) is 11.3 Å². The van der Waals surface area contributed by atoms with Gasteiger partial charge in [-0.25, -0.2) is 15.0 Å². The maximum Gasteiger partial charge on any atom is 0.223 e. The Bertz CT molecular complexity index is 838. The van der Waals surface area contributed by atoms with Crippen molar-refractivity contribution in [1.29, 1.82) is 0 Å². The number of aromatic nitrogens is 4. The number of fused-ring (bicyclic) bond motifs is 1. The Kier molecular flexibility index (Phi) is 4.61. The van der Waals surface area contributed by atoms with Crippen LogP contribution in [0.3, 0.4) is 0 Å². The van der Waals surface area contributed by atoms with Gasteiger partial charge in [0, 0.05) is 42.2 Å². The van der Waals surface area contributed by atoms with E-state index in [0.717, 1.165) is 54.4 Å². The third kappa shape index (κ3) is 3.49. The van der Waals surface area contributed by atoms with Crippen LogP contribution in [0.2, 0.25) is 0 Å². The lowest BCUT2D eigenvalue weighted by atomic mass is 9.84. The van der Waals surface area contributed by atoms with Crippen LogP contribution in [-0.4, -0.2) is 37.7 Å². The molecular weight excluding hydrogens is 314 g/mol. The van der Waals surface area contributed by atoms with E-state index in [2.05, 4.69) is 20.3 Å². The molecule has 0 radical (unpaired) electrons. The number of pyridine rings is 1. The minimum absolute atomic E-state index is 0.299. The number of H-pyrrole nitrogens is 1. The molecule has 0 bridgehead atoms. The molecule has 1 aliphatic rings. The highest BCUT2D eigenvalue weighted by atomic mass is 16.3. The minimum atomic E-state index is 0.299. The molecule has 0 saturated heterocycles. The monoisotopic (exact) mass is 337 g/mol. The number of anilines is 1. The maximum atomic E-state index is 9.07. The quantitative estimate of drug-likeness (QED) is 0.664. The molecule has 0 aliphatic heterocycles. The van der Waals surface area contributed by atoms with Crippen LogP contribution in [0.4, 0.5) is 5.95 Å². The molecule has 0 atom stereocenters. The van der Waals surface area contributed by atoms with Gasteiger partial charge in [0.05, 0.1) is 5.69 Å². The predicted octanol–water partition coefficient (Wildman–Crippen LogP) is 3.37. The van der Waals surface area contributed by atoms with Crippen molar-refractivity contribution in [3.05, 3.63) is 36.8 Å². The van der Waals surface area contributed by atoms with E-state index >= 15 is 0 Å². The average molecular weight is 337 g/mol. The van der Waals surface area contributed by atoms with Gasteiger partial charge in [-0.15, -0.1) is 0 Å². The zero-order valence-corrected chi connectivity index (χ0v) is 14.2. The van der Waals surface area contributed by atoms with Gasteiger partial charge in [-0.1, -0.05) is 0 Å². The molecule has 0 unspecified atom stereocenters. The molecule has 4 rings (SSSR count). The first kappa shape index (κ1) is 16.0. The smallest absolute Gasteiger partial charge is 0.223 e. The van der Waals surface area contributed by atoms with Crippen LogP contribution in [0.5, 0.6) is 0 Å². The van der Waals surface area contributed by atoms with Gasteiger partial charge in [0.2, 0.25) is 5.95 Å². The standard InChI is InChI=1S/C19H23N5O/c25-11-8-13-3-5-14(6-4-13)23-19-21-10-7-17(24-19)16-12-22-18-15(16)2-1-9-20-18/h1-2,7,9-10,12-14,25H,3-6,8,11H2,(H,20,22)(H,21,23,24)/t13-,14-. The summed E-state index contributed by atoms with van der Waals surface area (Å²) in [5.41, 5.74) is 2.80. The molecule has 3 N–H and O–H groups in total. The van der Waals surface area contributed by atoms with E-state index in [9.17, 15) is 0 Å². The van der Waals surface area contributed by atoms with Gasteiger partial charge in [-0.05, 0) is 56.2 Å². The van der Waals surface area contributed by atoms with Crippen molar-refractivity contribution in [2.24, 2.45) is 5.92 Å². The van der Waals surface area contributed by atoms with Crippen LogP contribution in [0, 0.1) is 5.92 Å². The number of hydrogen-bond donors (Lipinski definition) is 3. The second kappa shape index (κ2) is 7.19. The Morgan fingerprint density at radius 3 is 2.84 bits per heavy atom. The highest BCUT2D eigenvalue weighted by molar-refractivity contribution is 5.92. The van der Waals surface area contributed by atoms with Crippen LogP contribution in [0.25, 0.3) is 22.3 Å². The first-order valence-electron chi connectivity index (χ1n) is 8.96. The van der Waals surface area contributed by atoms with Gasteiger partial charge in [0.25, 0.3) is 0 Å². The molecule has 6 heteroatoms. The van der Waals surface area contributed by atoms with Crippen molar-refractivity contribution >= 4 is 17.0 Å². The fraction of sp³-hybridized carbons (Fsp3) is 0.421. The molecular formula is C19H23N5O.